The lowest BCUT2D eigenvalue weighted by Crippen LogP contribution is -2.61. The number of hydrogen-bond acceptors (Lipinski definition) is 3. The van der Waals surface area contributed by atoms with Crippen molar-refractivity contribution in [2.24, 2.45) is 0 Å². The molecular weight excluding hydrogens is 190 g/mol. The molecule has 15 heavy (non-hydrogen) atoms. The Kier molecular flexibility index (Phi) is 8.02. The van der Waals surface area contributed by atoms with Crippen molar-refractivity contribution >= 4 is 0 Å². The molecule has 0 radical (unpaired) electrons. The van der Waals surface area contributed by atoms with Gasteiger partial charge in [-0.1, -0.05) is 27.7 Å². The Morgan fingerprint density at radius 1 is 0.867 bits per heavy atom. The zero-order chi connectivity index (χ0) is 11.7. The predicted octanol–water partition coefficient (Wildman–Crippen LogP) is 2.16. The number of morpholine rings is 2. The fourth-order valence-electron chi connectivity index (χ4n) is 1.81. The van der Waals surface area contributed by atoms with E-state index in [4.69, 9.17) is 9.47 Å². The zero-order valence-corrected chi connectivity index (χ0v) is 11.0. The maximum absolute atomic E-state index is 5.42. The van der Waals surface area contributed by atoms with Gasteiger partial charge in [0.15, 0.2) is 0 Å². The Hall–Kier alpha value is -0.120. The highest BCUT2D eigenvalue weighted by Gasteiger charge is 2.37. The van der Waals surface area contributed by atoms with Crippen LogP contribution in [0, 0.1) is 0 Å². The van der Waals surface area contributed by atoms with E-state index in [0.717, 1.165) is 39.5 Å². The highest BCUT2D eigenvalue weighted by molar-refractivity contribution is 4.90. The molecule has 3 nitrogen and oxygen atoms in total. The van der Waals surface area contributed by atoms with Crippen molar-refractivity contribution in [2.75, 3.05) is 39.5 Å². The normalized spacial score (nSPS) is 23.8. The second-order valence-corrected chi connectivity index (χ2v) is 3.59. The number of ether oxygens (including phenoxy) is 2. The van der Waals surface area contributed by atoms with Crippen LogP contribution in [-0.4, -0.2) is 50.0 Å². The first-order valence-corrected chi connectivity index (χ1v) is 6.22. The van der Waals surface area contributed by atoms with Gasteiger partial charge in [0, 0.05) is 13.1 Å². The van der Waals surface area contributed by atoms with Gasteiger partial charge in [0.2, 0.25) is 0 Å². The molecule has 3 heteroatoms. The van der Waals surface area contributed by atoms with Gasteiger partial charge in [-0.15, -0.1) is 0 Å². The third-order valence-corrected chi connectivity index (χ3v) is 2.60. The monoisotopic (exact) mass is 217 g/mol. The summed E-state index contributed by atoms with van der Waals surface area (Å²) in [5, 5.41) is 0. The van der Waals surface area contributed by atoms with E-state index >= 15 is 0 Å². The van der Waals surface area contributed by atoms with Gasteiger partial charge in [0.1, 0.15) is 0 Å². The van der Waals surface area contributed by atoms with Gasteiger partial charge in [-0.3, -0.25) is 4.90 Å². The summed E-state index contributed by atoms with van der Waals surface area (Å²) in [6.07, 6.45) is 0. The van der Waals surface area contributed by atoms with Gasteiger partial charge in [0.25, 0.3) is 0 Å². The first-order valence-electron chi connectivity index (χ1n) is 6.22. The smallest absolute Gasteiger partial charge is 0.0671 e. The molecule has 0 saturated carbocycles. The maximum atomic E-state index is 5.42. The molecule has 0 aromatic rings. The van der Waals surface area contributed by atoms with Gasteiger partial charge in [-0.05, 0) is 6.92 Å². The van der Waals surface area contributed by atoms with Crippen molar-refractivity contribution in [3.05, 3.63) is 0 Å². The molecule has 2 fully saturated rings. The summed E-state index contributed by atoms with van der Waals surface area (Å²) < 4.78 is 10.8. The van der Waals surface area contributed by atoms with E-state index in [1.807, 2.05) is 27.7 Å². The molecule has 0 N–H and O–H groups in total. The fourth-order valence-corrected chi connectivity index (χ4v) is 1.81. The second-order valence-electron chi connectivity index (χ2n) is 3.59. The number of nitrogens with zero attached hydrogens (tertiary/aromatic N) is 1. The lowest BCUT2D eigenvalue weighted by Gasteiger charge is -2.47. The highest BCUT2D eigenvalue weighted by Crippen LogP contribution is 2.22. The molecule has 0 bridgehead atoms. The van der Waals surface area contributed by atoms with Crippen LogP contribution < -0.4 is 0 Å². The van der Waals surface area contributed by atoms with Crippen molar-refractivity contribution in [3.63, 3.8) is 0 Å². The predicted molar refractivity (Wildman–Crippen MR) is 64.3 cm³/mol. The molecule has 0 aromatic carbocycles. The van der Waals surface area contributed by atoms with Crippen LogP contribution in [0.4, 0.5) is 0 Å². The Morgan fingerprint density at radius 2 is 1.27 bits per heavy atom. The molecule has 2 heterocycles. The van der Waals surface area contributed by atoms with E-state index in [2.05, 4.69) is 11.8 Å². The lowest BCUT2D eigenvalue weighted by atomic mass is 10.00. The highest BCUT2D eigenvalue weighted by atomic mass is 16.5. The lowest BCUT2D eigenvalue weighted by molar-refractivity contribution is -0.133. The van der Waals surface area contributed by atoms with E-state index < -0.39 is 0 Å². The van der Waals surface area contributed by atoms with Crippen LogP contribution in [0.3, 0.4) is 0 Å². The summed E-state index contributed by atoms with van der Waals surface area (Å²) >= 11 is 0. The molecule has 92 valence electrons. The Morgan fingerprint density at radius 3 is 1.60 bits per heavy atom. The average molecular weight is 217 g/mol. The molecule has 0 atom stereocenters. The van der Waals surface area contributed by atoms with Crippen LogP contribution in [0.5, 0.6) is 0 Å². The van der Waals surface area contributed by atoms with Crippen molar-refractivity contribution in [2.45, 2.75) is 40.2 Å². The summed E-state index contributed by atoms with van der Waals surface area (Å²) in [6, 6.07) is 0. The van der Waals surface area contributed by atoms with Crippen LogP contribution in [0.15, 0.2) is 0 Å². The molecule has 2 aliphatic rings. The molecule has 0 aromatic heterocycles. The van der Waals surface area contributed by atoms with E-state index in [-0.39, 0.29) is 5.54 Å². The summed E-state index contributed by atoms with van der Waals surface area (Å²) in [6.45, 7) is 15.8. The van der Waals surface area contributed by atoms with Gasteiger partial charge >= 0.3 is 0 Å². The SMILES string of the molecule is CC.CC.CC12COCCN1CCOC2. The molecule has 0 aliphatic carbocycles. The molecule has 0 amide bonds. The Labute approximate surface area is 94.7 Å². The zero-order valence-electron chi connectivity index (χ0n) is 11.0. The van der Waals surface area contributed by atoms with Gasteiger partial charge in [0.05, 0.1) is 32.0 Å². The van der Waals surface area contributed by atoms with Crippen LogP contribution in [-0.2, 0) is 9.47 Å². The summed E-state index contributed by atoms with van der Waals surface area (Å²) in [7, 11) is 0. The first kappa shape index (κ1) is 14.9. The summed E-state index contributed by atoms with van der Waals surface area (Å²) in [4.78, 5) is 2.47. The van der Waals surface area contributed by atoms with Crippen LogP contribution in [0.2, 0.25) is 0 Å². The first-order chi connectivity index (χ1) is 7.31. The number of rotatable bonds is 0. The molecule has 2 rings (SSSR count). The topological polar surface area (TPSA) is 21.7 Å². The number of fused-ring (bicyclic) bond motifs is 1. The minimum Gasteiger partial charge on any atom is -0.378 e. The van der Waals surface area contributed by atoms with E-state index in [1.54, 1.807) is 0 Å². The summed E-state index contributed by atoms with van der Waals surface area (Å²) in [5.74, 6) is 0. The molecule has 2 saturated heterocycles. The van der Waals surface area contributed by atoms with Crippen LogP contribution >= 0.6 is 0 Å². The molecule has 0 spiro atoms. The Balaban J connectivity index is 0.000000442. The Bertz CT molecular complexity index is 139. The molecular formula is C12H27NO2. The van der Waals surface area contributed by atoms with Crippen molar-refractivity contribution in [1.29, 1.82) is 0 Å². The van der Waals surface area contributed by atoms with E-state index in [1.165, 1.54) is 0 Å². The third kappa shape index (κ3) is 4.09. The quantitative estimate of drug-likeness (QED) is 0.620. The van der Waals surface area contributed by atoms with Crippen molar-refractivity contribution < 1.29 is 9.47 Å². The van der Waals surface area contributed by atoms with Crippen molar-refractivity contribution in [1.82, 2.24) is 4.90 Å². The second kappa shape index (κ2) is 8.08. The minimum absolute atomic E-state index is 0.163. The van der Waals surface area contributed by atoms with E-state index in [0.29, 0.717) is 0 Å². The standard InChI is InChI=1S/C8H15NO2.2C2H6/c1-8-6-10-4-2-9(8)3-5-11-7-8;2*1-2/h2-7H2,1H3;2*1-2H3. The number of hydrogen-bond donors (Lipinski definition) is 0. The van der Waals surface area contributed by atoms with E-state index in [9.17, 15) is 0 Å². The summed E-state index contributed by atoms with van der Waals surface area (Å²) in [5.41, 5.74) is 0.163. The van der Waals surface area contributed by atoms with Gasteiger partial charge in [-0.25, -0.2) is 0 Å². The largest absolute Gasteiger partial charge is 0.378 e. The van der Waals surface area contributed by atoms with Gasteiger partial charge < -0.3 is 9.47 Å². The molecule has 0 unspecified atom stereocenters. The van der Waals surface area contributed by atoms with Crippen molar-refractivity contribution in [3.8, 4) is 0 Å². The third-order valence-electron chi connectivity index (χ3n) is 2.60. The fraction of sp³-hybridized carbons (Fsp3) is 1.00. The van der Waals surface area contributed by atoms with Crippen LogP contribution in [0.25, 0.3) is 0 Å². The van der Waals surface area contributed by atoms with Gasteiger partial charge in [-0.2, -0.15) is 0 Å². The average Bonchev–Trinajstić information content (AvgIpc) is 2.33. The minimum atomic E-state index is 0.163. The molecule has 2 aliphatic heterocycles. The van der Waals surface area contributed by atoms with Crippen LogP contribution in [0.1, 0.15) is 34.6 Å². The maximum Gasteiger partial charge on any atom is 0.0671 e.